The van der Waals surface area contributed by atoms with E-state index >= 15 is 0 Å². The zero-order valence-electron chi connectivity index (χ0n) is 30.1. The average Bonchev–Trinajstić information content (AvgIpc) is 3.07. The molecule has 2 atom stereocenters. The van der Waals surface area contributed by atoms with Crippen LogP contribution >= 0.6 is 0 Å². The van der Waals surface area contributed by atoms with Crippen LogP contribution in [-0.2, 0) is 14.0 Å². The monoisotopic (exact) mass is 866 g/mol. The minimum absolute atomic E-state index is 0.0273. The summed E-state index contributed by atoms with van der Waals surface area (Å²) in [6.07, 6.45) is -7.63. The molecule has 1 rings (SSSR count). The summed E-state index contributed by atoms with van der Waals surface area (Å²) in [5, 5.41) is 10.6. The van der Waals surface area contributed by atoms with Crippen molar-refractivity contribution in [3.05, 3.63) is 54.6 Å². The normalized spacial score (nSPS) is 15.7. The molecule has 56 heavy (non-hydrogen) atoms. The van der Waals surface area contributed by atoms with Crippen LogP contribution in [0, 0.1) is 5.92 Å². The fraction of sp³-hybridized carbons (Fsp3) is 0.667. The van der Waals surface area contributed by atoms with E-state index in [9.17, 15) is 84.5 Å². The lowest BCUT2D eigenvalue weighted by molar-refractivity contribution is -0.461. The molecule has 0 radical (unpaired) electrons. The smallest absolute Gasteiger partial charge is 0.460 e. The van der Waals surface area contributed by atoms with Crippen molar-refractivity contribution in [2.24, 2.45) is 5.92 Å². The molecular weight excluding hydrogens is 827 g/mol. The van der Waals surface area contributed by atoms with Crippen LogP contribution in [-0.4, -0.2) is 86.8 Å². The van der Waals surface area contributed by atoms with Gasteiger partial charge in [-0.15, -0.1) is 0 Å². The van der Waals surface area contributed by atoms with Crippen LogP contribution in [0.25, 0.3) is 0 Å². The van der Waals surface area contributed by atoms with E-state index in [1.54, 1.807) is 6.92 Å². The predicted octanol–water partition coefficient (Wildman–Crippen LogP) is 11.2. The highest BCUT2D eigenvalue weighted by molar-refractivity contribution is 6.76. The number of hydrogen-bond donors (Lipinski definition) is 1. The van der Waals surface area contributed by atoms with Crippen LogP contribution in [0.3, 0.4) is 0 Å². The number of alkyl halides is 17. The third-order valence-electron chi connectivity index (χ3n) is 8.89. The molecule has 0 heterocycles. The van der Waals surface area contributed by atoms with Gasteiger partial charge in [0.2, 0.25) is 0 Å². The van der Waals surface area contributed by atoms with E-state index in [0.29, 0.717) is 5.56 Å². The van der Waals surface area contributed by atoms with Crippen molar-refractivity contribution in [2.75, 3.05) is 19.8 Å². The fourth-order valence-electron chi connectivity index (χ4n) is 5.34. The molecule has 1 aromatic rings. The van der Waals surface area contributed by atoms with E-state index in [0.717, 1.165) is 6.08 Å². The lowest BCUT2D eigenvalue weighted by atomic mass is 9.88. The van der Waals surface area contributed by atoms with Crippen LogP contribution in [0.1, 0.15) is 52.7 Å². The first-order valence-electron chi connectivity index (χ1n) is 16.3. The predicted molar refractivity (Wildman–Crippen MR) is 168 cm³/mol. The van der Waals surface area contributed by atoms with Gasteiger partial charge in [0.05, 0.1) is 12.7 Å². The fourth-order valence-corrected chi connectivity index (χ4v) is 9.80. The molecule has 5 nitrogen and oxygen atoms in total. The van der Waals surface area contributed by atoms with Gasteiger partial charge in [0.25, 0.3) is 0 Å². The summed E-state index contributed by atoms with van der Waals surface area (Å²) in [7, 11) is -3.95. The summed E-state index contributed by atoms with van der Waals surface area (Å²) in [5.74, 6) is -57.8. The highest BCUT2D eigenvalue weighted by atomic mass is 28.4. The van der Waals surface area contributed by atoms with Crippen molar-refractivity contribution < 1.29 is 98.4 Å². The van der Waals surface area contributed by atoms with Crippen molar-refractivity contribution in [3.63, 3.8) is 0 Å². The topological polar surface area (TPSA) is 65.0 Å². The van der Waals surface area contributed by atoms with Crippen LogP contribution in [0.4, 0.5) is 74.6 Å². The lowest BCUT2D eigenvalue weighted by Crippen LogP contribution is -2.74. The second-order valence-electron chi connectivity index (χ2n) is 13.3. The first-order chi connectivity index (χ1) is 25.1. The van der Waals surface area contributed by atoms with E-state index < -0.39 is 104 Å². The number of carbonyl (C=O) groups is 1. The minimum Gasteiger partial charge on any atom is -0.491 e. The van der Waals surface area contributed by atoms with Crippen molar-refractivity contribution >= 4 is 14.3 Å². The summed E-state index contributed by atoms with van der Waals surface area (Å²) >= 11 is 0. The maximum absolute atomic E-state index is 14.8. The SMILES string of the molecule is C=CCOC(=O)/C=C/[C@@H](C)[C@@H](O)c1ccc(OCCO[Si](CCC(F)(F)C(F)(F)C(F)(F)C(F)(F)C(F)(F)C(F)(F)C(F)(F)C(F)(F)F)(C(C)C)C(C)C)cc1. The molecule has 0 saturated heterocycles. The summed E-state index contributed by atoms with van der Waals surface area (Å²) in [5.41, 5.74) is -1.35. The van der Waals surface area contributed by atoms with Crippen LogP contribution in [0.2, 0.25) is 17.1 Å². The maximum atomic E-state index is 14.8. The summed E-state index contributed by atoms with van der Waals surface area (Å²) in [4.78, 5) is 11.6. The zero-order chi connectivity index (χ0) is 44.1. The third-order valence-corrected chi connectivity index (χ3v) is 14.6. The van der Waals surface area contributed by atoms with Gasteiger partial charge in [-0.05, 0) is 34.8 Å². The first kappa shape index (κ1) is 50.9. The Balaban J connectivity index is 3.19. The largest absolute Gasteiger partial charge is 0.491 e. The zero-order valence-corrected chi connectivity index (χ0v) is 31.1. The number of ether oxygens (including phenoxy) is 2. The van der Waals surface area contributed by atoms with E-state index in [1.165, 1.54) is 64.1 Å². The summed E-state index contributed by atoms with van der Waals surface area (Å²) in [6.45, 7) is 9.35. The molecule has 0 aliphatic rings. The first-order valence-corrected chi connectivity index (χ1v) is 18.6. The quantitative estimate of drug-likeness (QED) is 0.0314. The van der Waals surface area contributed by atoms with Crippen molar-refractivity contribution in [1.29, 1.82) is 0 Å². The number of benzene rings is 1. The Kier molecular flexibility index (Phi) is 16.2. The Morgan fingerprint density at radius 1 is 0.714 bits per heavy atom. The maximum Gasteiger partial charge on any atom is 0.460 e. The van der Waals surface area contributed by atoms with Crippen molar-refractivity contribution in [1.82, 2.24) is 0 Å². The van der Waals surface area contributed by atoms with Gasteiger partial charge >= 0.3 is 53.6 Å². The Morgan fingerprint density at radius 3 is 1.59 bits per heavy atom. The van der Waals surface area contributed by atoms with Gasteiger partial charge in [-0.1, -0.05) is 65.5 Å². The van der Waals surface area contributed by atoms with E-state index in [-0.39, 0.29) is 19.0 Å². The molecule has 0 aliphatic carbocycles. The number of esters is 1. The molecule has 0 unspecified atom stereocenters. The molecular formula is C33H39F17O5Si. The number of halogens is 17. The van der Waals surface area contributed by atoms with Gasteiger partial charge in [0, 0.05) is 18.4 Å². The molecule has 1 N–H and O–H groups in total. The molecule has 0 aromatic heterocycles. The van der Waals surface area contributed by atoms with Gasteiger partial charge < -0.3 is 19.0 Å². The standard InChI is InChI=1S/C33H39F17O5Si/c1-7-15-54-24(51)13-8-21(6)25(52)22-9-11-23(12-10-22)53-16-17-55-56(19(2)3,20(4)5)18-14-26(34,35)27(36,37)28(38,39)29(40,41)30(42,43)31(44,45)32(46,47)33(48,49)50/h7-13,19-21,25,52H,1,14-18H2,2-6H3/b13-8+/t21-,25-/m1/s1. The van der Waals surface area contributed by atoms with Gasteiger partial charge in [0.15, 0.2) is 8.32 Å². The van der Waals surface area contributed by atoms with E-state index in [2.05, 4.69) is 6.58 Å². The molecule has 0 bridgehead atoms. The van der Waals surface area contributed by atoms with Crippen LogP contribution in [0.15, 0.2) is 49.1 Å². The molecule has 23 heteroatoms. The number of rotatable bonds is 22. The Bertz CT molecular complexity index is 1470. The second kappa shape index (κ2) is 17.8. The molecule has 0 aliphatic heterocycles. The molecule has 0 spiro atoms. The summed E-state index contributed by atoms with van der Waals surface area (Å²) < 4.78 is 250. The number of aliphatic hydroxyl groups excluding tert-OH is 1. The number of hydrogen-bond acceptors (Lipinski definition) is 5. The van der Waals surface area contributed by atoms with Crippen LogP contribution in [0.5, 0.6) is 5.75 Å². The van der Waals surface area contributed by atoms with Crippen molar-refractivity contribution in [2.45, 2.75) is 112 Å². The molecule has 0 fully saturated rings. The second-order valence-corrected chi connectivity index (χ2v) is 18.3. The van der Waals surface area contributed by atoms with Crippen LogP contribution < -0.4 is 4.74 Å². The highest BCUT2D eigenvalue weighted by Crippen LogP contribution is 2.64. The average molecular weight is 867 g/mol. The molecule has 0 amide bonds. The third kappa shape index (κ3) is 9.78. The highest BCUT2D eigenvalue weighted by Gasteiger charge is 2.95. The van der Waals surface area contributed by atoms with Crippen molar-refractivity contribution in [3.8, 4) is 5.75 Å². The van der Waals surface area contributed by atoms with Gasteiger partial charge in [-0.3, -0.25) is 0 Å². The van der Waals surface area contributed by atoms with Gasteiger partial charge in [-0.2, -0.15) is 74.6 Å². The minimum atomic E-state index is -8.68. The molecule has 324 valence electrons. The molecule has 0 saturated carbocycles. The van der Waals surface area contributed by atoms with Gasteiger partial charge in [0.1, 0.15) is 19.0 Å². The molecule has 1 aromatic carbocycles. The lowest BCUT2D eigenvalue weighted by Gasteiger charge is -2.44. The van der Waals surface area contributed by atoms with E-state index in [1.807, 2.05) is 0 Å². The van der Waals surface area contributed by atoms with Gasteiger partial charge in [-0.25, -0.2) is 4.79 Å². The van der Waals surface area contributed by atoms with E-state index in [4.69, 9.17) is 13.9 Å². The number of aliphatic hydroxyl groups is 1. The summed E-state index contributed by atoms with van der Waals surface area (Å²) in [6, 6.07) is 4.32. The Hall–Kier alpha value is -3.08. The Labute approximate surface area is 311 Å². The Morgan fingerprint density at radius 2 is 1.16 bits per heavy atom. The number of carbonyl (C=O) groups excluding carboxylic acids is 1.